The molecule has 2 heteroatoms. The SMILES string of the molecule is Cc1ccc([C@H](CN(C)C)C2(O)CCCCC2)cc1. The van der Waals surface area contributed by atoms with Crippen LogP contribution in [0.25, 0.3) is 0 Å². The lowest BCUT2D eigenvalue weighted by Crippen LogP contribution is -2.42. The largest absolute Gasteiger partial charge is 0.389 e. The fourth-order valence-electron chi connectivity index (χ4n) is 3.26. The van der Waals surface area contributed by atoms with Crippen LogP contribution in [-0.4, -0.2) is 36.2 Å². The van der Waals surface area contributed by atoms with Crippen LogP contribution in [0, 0.1) is 6.92 Å². The minimum absolute atomic E-state index is 0.225. The molecule has 2 rings (SSSR count). The van der Waals surface area contributed by atoms with Crippen molar-refractivity contribution in [2.75, 3.05) is 20.6 Å². The van der Waals surface area contributed by atoms with E-state index in [1.807, 2.05) is 0 Å². The molecule has 1 N–H and O–H groups in total. The van der Waals surface area contributed by atoms with Crippen molar-refractivity contribution in [3.8, 4) is 0 Å². The van der Waals surface area contributed by atoms with Crippen LogP contribution in [0.3, 0.4) is 0 Å². The van der Waals surface area contributed by atoms with Gasteiger partial charge in [0.05, 0.1) is 5.60 Å². The van der Waals surface area contributed by atoms with E-state index < -0.39 is 5.60 Å². The summed E-state index contributed by atoms with van der Waals surface area (Å²) in [6.07, 6.45) is 5.47. The third-order valence-electron chi connectivity index (χ3n) is 4.40. The first kappa shape index (κ1) is 14.5. The second-order valence-electron chi connectivity index (χ2n) is 6.39. The first-order valence-corrected chi connectivity index (χ1v) is 7.45. The smallest absolute Gasteiger partial charge is 0.0728 e. The minimum Gasteiger partial charge on any atom is -0.389 e. The van der Waals surface area contributed by atoms with Gasteiger partial charge in [-0.2, -0.15) is 0 Å². The van der Waals surface area contributed by atoms with Crippen molar-refractivity contribution in [1.29, 1.82) is 0 Å². The van der Waals surface area contributed by atoms with Crippen molar-refractivity contribution in [1.82, 2.24) is 4.90 Å². The van der Waals surface area contributed by atoms with Crippen LogP contribution in [-0.2, 0) is 0 Å². The van der Waals surface area contributed by atoms with E-state index in [-0.39, 0.29) is 5.92 Å². The number of likely N-dealkylation sites (N-methyl/N-ethyl adjacent to an activating group) is 1. The maximum absolute atomic E-state index is 11.1. The second kappa shape index (κ2) is 6.06. The highest BCUT2D eigenvalue weighted by atomic mass is 16.3. The average Bonchev–Trinajstić information content (AvgIpc) is 2.38. The number of nitrogens with zero attached hydrogens (tertiary/aromatic N) is 1. The van der Waals surface area contributed by atoms with E-state index in [2.05, 4.69) is 50.2 Å². The lowest BCUT2D eigenvalue weighted by Gasteiger charge is -2.40. The molecule has 19 heavy (non-hydrogen) atoms. The van der Waals surface area contributed by atoms with Gasteiger partial charge < -0.3 is 10.0 Å². The molecule has 0 bridgehead atoms. The van der Waals surface area contributed by atoms with E-state index >= 15 is 0 Å². The van der Waals surface area contributed by atoms with Gasteiger partial charge in [0.15, 0.2) is 0 Å². The molecule has 1 atom stereocenters. The van der Waals surface area contributed by atoms with Crippen LogP contribution in [0.2, 0.25) is 0 Å². The Kier molecular flexibility index (Phi) is 4.64. The molecule has 1 aromatic rings. The summed E-state index contributed by atoms with van der Waals surface area (Å²) in [5, 5.41) is 11.1. The van der Waals surface area contributed by atoms with Crippen molar-refractivity contribution in [2.45, 2.75) is 50.5 Å². The summed E-state index contributed by atoms with van der Waals surface area (Å²) in [5.41, 5.74) is 2.05. The Morgan fingerprint density at radius 3 is 2.21 bits per heavy atom. The minimum atomic E-state index is -0.516. The molecule has 1 saturated carbocycles. The quantitative estimate of drug-likeness (QED) is 0.898. The summed E-state index contributed by atoms with van der Waals surface area (Å²) in [6, 6.07) is 8.69. The average molecular weight is 261 g/mol. The molecule has 0 aromatic heterocycles. The van der Waals surface area contributed by atoms with Gasteiger partial charge in [-0.05, 0) is 39.4 Å². The van der Waals surface area contributed by atoms with Gasteiger partial charge in [0.1, 0.15) is 0 Å². The van der Waals surface area contributed by atoms with E-state index in [0.29, 0.717) is 0 Å². The van der Waals surface area contributed by atoms with E-state index in [1.165, 1.54) is 17.5 Å². The third-order valence-corrected chi connectivity index (χ3v) is 4.40. The van der Waals surface area contributed by atoms with Gasteiger partial charge in [0, 0.05) is 12.5 Å². The highest BCUT2D eigenvalue weighted by Crippen LogP contribution is 2.40. The fraction of sp³-hybridized carbons (Fsp3) is 0.647. The second-order valence-corrected chi connectivity index (χ2v) is 6.39. The highest BCUT2D eigenvalue weighted by molar-refractivity contribution is 5.27. The Bertz CT molecular complexity index is 390. The third kappa shape index (κ3) is 3.58. The maximum Gasteiger partial charge on any atom is 0.0728 e. The molecule has 0 radical (unpaired) electrons. The highest BCUT2D eigenvalue weighted by Gasteiger charge is 2.38. The molecule has 1 aromatic carbocycles. The maximum atomic E-state index is 11.1. The summed E-state index contributed by atoms with van der Waals surface area (Å²) < 4.78 is 0. The van der Waals surface area contributed by atoms with Gasteiger partial charge >= 0.3 is 0 Å². The summed E-state index contributed by atoms with van der Waals surface area (Å²) in [7, 11) is 4.18. The van der Waals surface area contributed by atoms with E-state index in [9.17, 15) is 5.11 Å². The van der Waals surface area contributed by atoms with Crippen LogP contribution in [0.15, 0.2) is 24.3 Å². The zero-order valence-corrected chi connectivity index (χ0v) is 12.5. The van der Waals surface area contributed by atoms with Crippen molar-refractivity contribution in [3.05, 3.63) is 35.4 Å². The number of benzene rings is 1. The van der Waals surface area contributed by atoms with Crippen molar-refractivity contribution in [2.24, 2.45) is 0 Å². The summed E-state index contributed by atoms with van der Waals surface area (Å²) in [5.74, 6) is 0.225. The molecule has 106 valence electrons. The van der Waals surface area contributed by atoms with E-state index in [1.54, 1.807) is 0 Å². The van der Waals surface area contributed by atoms with Gasteiger partial charge in [0.25, 0.3) is 0 Å². The van der Waals surface area contributed by atoms with Crippen LogP contribution in [0.4, 0.5) is 0 Å². The van der Waals surface area contributed by atoms with Gasteiger partial charge in [-0.1, -0.05) is 49.1 Å². The van der Waals surface area contributed by atoms with Crippen molar-refractivity contribution >= 4 is 0 Å². The van der Waals surface area contributed by atoms with E-state index in [0.717, 1.165) is 32.2 Å². The van der Waals surface area contributed by atoms with Crippen molar-refractivity contribution in [3.63, 3.8) is 0 Å². The molecule has 1 fully saturated rings. The summed E-state index contributed by atoms with van der Waals surface area (Å²) >= 11 is 0. The Balaban J connectivity index is 2.26. The van der Waals surface area contributed by atoms with Gasteiger partial charge in [-0.25, -0.2) is 0 Å². The topological polar surface area (TPSA) is 23.5 Å². The molecular weight excluding hydrogens is 234 g/mol. The Labute approximate surface area is 117 Å². The fourth-order valence-corrected chi connectivity index (χ4v) is 3.26. The molecule has 0 spiro atoms. The molecular formula is C17H27NO. The first-order chi connectivity index (χ1) is 9.01. The molecule has 1 aliphatic carbocycles. The zero-order valence-electron chi connectivity index (χ0n) is 12.5. The number of hydrogen-bond acceptors (Lipinski definition) is 2. The van der Waals surface area contributed by atoms with Gasteiger partial charge in [-0.15, -0.1) is 0 Å². The Morgan fingerprint density at radius 2 is 1.68 bits per heavy atom. The van der Waals surface area contributed by atoms with E-state index in [4.69, 9.17) is 0 Å². The predicted molar refractivity (Wildman–Crippen MR) is 80.5 cm³/mol. The standard InChI is InChI=1S/C17H27NO/c1-14-7-9-15(10-8-14)16(13-18(2)3)17(19)11-5-4-6-12-17/h7-10,16,19H,4-6,11-13H2,1-3H3/t16-/m0/s1. The lowest BCUT2D eigenvalue weighted by molar-refractivity contribution is -0.0277. The Hall–Kier alpha value is -0.860. The lowest BCUT2D eigenvalue weighted by atomic mass is 9.72. The molecule has 2 nitrogen and oxygen atoms in total. The van der Waals surface area contributed by atoms with Crippen LogP contribution >= 0.6 is 0 Å². The molecule has 0 heterocycles. The molecule has 0 amide bonds. The molecule has 0 unspecified atom stereocenters. The molecule has 1 aliphatic rings. The van der Waals surface area contributed by atoms with Gasteiger partial charge in [0.2, 0.25) is 0 Å². The first-order valence-electron chi connectivity index (χ1n) is 7.45. The molecule has 0 saturated heterocycles. The van der Waals surface area contributed by atoms with Crippen LogP contribution in [0.1, 0.15) is 49.1 Å². The predicted octanol–water partition coefficient (Wildman–Crippen LogP) is 3.34. The summed E-state index contributed by atoms with van der Waals surface area (Å²) in [4.78, 5) is 2.19. The monoisotopic (exact) mass is 261 g/mol. The zero-order chi connectivity index (χ0) is 13.9. The summed E-state index contributed by atoms with van der Waals surface area (Å²) in [6.45, 7) is 3.03. The normalized spacial score (nSPS) is 20.5. The molecule has 0 aliphatic heterocycles. The number of hydrogen-bond donors (Lipinski definition) is 1. The number of rotatable bonds is 4. The van der Waals surface area contributed by atoms with Crippen LogP contribution in [0.5, 0.6) is 0 Å². The number of aryl methyl sites for hydroxylation is 1. The van der Waals surface area contributed by atoms with Crippen molar-refractivity contribution < 1.29 is 5.11 Å². The van der Waals surface area contributed by atoms with Gasteiger partial charge in [-0.3, -0.25) is 0 Å². The Morgan fingerprint density at radius 1 is 1.11 bits per heavy atom. The number of aliphatic hydroxyl groups is 1. The van der Waals surface area contributed by atoms with Crippen LogP contribution < -0.4 is 0 Å².